The average molecular weight is 408 g/mol. The first-order chi connectivity index (χ1) is 14.1. The molecule has 3 heterocycles. The lowest BCUT2D eigenvalue weighted by Crippen LogP contribution is -2.19. The molecule has 0 aliphatic heterocycles. The van der Waals surface area contributed by atoms with Gasteiger partial charge >= 0.3 is 5.97 Å². The monoisotopic (exact) mass is 408 g/mol. The van der Waals surface area contributed by atoms with E-state index in [1.54, 1.807) is 47.3 Å². The zero-order valence-corrected chi connectivity index (χ0v) is 16.4. The summed E-state index contributed by atoms with van der Waals surface area (Å²) in [7, 11) is 1.27. The highest BCUT2D eigenvalue weighted by Crippen LogP contribution is 2.27. The number of ether oxygens (including phenoxy) is 1. The molecule has 1 amide bonds. The van der Waals surface area contributed by atoms with Crippen molar-refractivity contribution < 1.29 is 18.7 Å². The van der Waals surface area contributed by atoms with Gasteiger partial charge in [-0.3, -0.25) is 4.79 Å². The summed E-state index contributed by atoms with van der Waals surface area (Å²) in [6, 6.07) is 11.8. The highest BCUT2D eigenvalue weighted by atomic mass is 32.1. The topological polar surface area (TPSA) is 99.2 Å². The van der Waals surface area contributed by atoms with Gasteiger partial charge in [-0.1, -0.05) is 12.1 Å². The Kier molecular flexibility index (Phi) is 4.96. The van der Waals surface area contributed by atoms with E-state index in [0.29, 0.717) is 28.1 Å². The number of anilines is 1. The Morgan fingerprint density at radius 3 is 2.69 bits per heavy atom. The highest BCUT2D eigenvalue weighted by Gasteiger charge is 2.20. The molecule has 0 aliphatic rings. The van der Waals surface area contributed by atoms with E-state index in [-0.39, 0.29) is 11.1 Å². The number of benzene rings is 1. The Bertz CT molecular complexity index is 1180. The van der Waals surface area contributed by atoms with Crippen LogP contribution >= 0.6 is 11.3 Å². The molecule has 1 N–H and O–H groups in total. The Labute approximate surface area is 169 Å². The van der Waals surface area contributed by atoms with Crippen molar-refractivity contribution in [3.8, 4) is 16.6 Å². The van der Waals surface area contributed by atoms with E-state index < -0.39 is 11.9 Å². The third-order valence-corrected chi connectivity index (χ3v) is 4.91. The second kappa shape index (κ2) is 7.72. The number of amides is 1. The van der Waals surface area contributed by atoms with Crippen LogP contribution in [0.15, 0.2) is 58.5 Å². The van der Waals surface area contributed by atoms with Crippen LogP contribution in [-0.4, -0.2) is 33.8 Å². The Morgan fingerprint density at radius 1 is 1.17 bits per heavy atom. The lowest BCUT2D eigenvalue weighted by atomic mass is 10.1. The molecule has 8 nitrogen and oxygen atoms in total. The third-order valence-electron chi connectivity index (χ3n) is 4.10. The lowest BCUT2D eigenvalue weighted by Gasteiger charge is -2.09. The first-order valence-electron chi connectivity index (χ1n) is 8.62. The molecular weight excluding hydrogens is 392 g/mol. The minimum absolute atomic E-state index is 0.185. The quantitative estimate of drug-likeness (QED) is 0.502. The summed E-state index contributed by atoms with van der Waals surface area (Å²) in [4.78, 5) is 29.3. The molecule has 1 aromatic carbocycles. The van der Waals surface area contributed by atoms with Gasteiger partial charge in [0.25, 0.3) is 5.91 Å². The molecule has 0 bridgehead atoms. The zero-order valence-electron chi connectivity index (χ0n) is 15.6. The van der Waals surface area contributed by atoms with Gasteiger partial charge in [0, 0.05) is 11.4 Å². The molecule has 0 saturated carbocycles. The van der Waals surface area contributed by atoms with Crippen molar-refractivity contribution in [3.05, 3.63) is 70.9 Å². The number of methoxy groups -OCH3 is 1. The minimum Gasteiger partial charge on any atom is -0.465 e. The molecule has 4 rings (SSSR count). The second-order valence-corrected chi connectivity index (χ2v) is 6.90. The molecule has 0 aliphatic carbocycles. The molecule has 0 spiro atoms. The number of nitrogens with zero attached hydrogens (tertiary/aromatic N) is 3. The van der Waals surface area contributed by atoms with Crippen molar-refractivity contribution in [1.82, 2.24) is 14.8 Å². The van der Waals surface area contributed by atoms with Crippen LogP contribution in [0.3, 0.4) is 0 Å². The summed E-state index contributed by atoms with van der Waals surface area (Å²) >= 11 is 1.37. The third kappa shape index (κ3) is 3.67. The molecular formula is C20H16N4O4S. The SMILES string of the molecule is COC(=O)c1ccccc1C(=O)Nc1cc(C)nn1-c1nc(-c2ccco2)cs1. The lowest BCUT2D eigenvalue weighted by molar-refractivity contribution is 0.0597. The van der Waals surface area contributed by atoms with Crippen LogP contribution in [0, 0.1) is 6.92 Å². The number of rotatable bonds is 5. The standard InChI is InChI=1S/C20H16N4O4S/c1-12-10-17(22-18(25)13-6-3-4-7-14(13)19(26)27-2)24(23-12)20-21-15(11-29-20)16-8-5-9-28-16/h3-11H,1-2H3,(H,22,25). The number of furan rings is 1. The van der Waals surface area contributed by atoms with Crippen LogP contribution in [0.1, 0.15) is 26.4 Å². The van der Waals surface area contributed by atoms with Crippen molar-refractivity contribution in [2.45, 2.75) is 6.92 Å². The number of thiazole rings is 1. The van der Waals surface area contributed by atoms with Gasteiger partial charge in [0.2, 0.25) is 5.13 Å². The van der Waals surface area contributed by atoms with Gasteiger partial charge in [0.05, 0.1) is 30.2 Å². The van der Waals surface area contributed by atoms with Gasteiger partial charge in [-0.15, -0.1) is 11.3 Å². The maximum absolute atomic E-state index is 12.8. The van der Waals surface area contributed by atoms with Crippen molar-refractivity contribution >= 4 is 29.0 Å². The largest absolute Gasteiger partial charge is 0.465 e. The molecule has 0 unspecified atom stereocenters. The van der Waals surface area contributed by atoms with Gasteiger partial charge in [0.1, 0.15) is 11.5 Å². The number of hydrogen-bond acceptors (Lipinski definition) is 7. The van der Waals surface area contributed by atoms with Gasteiger partial charge < -0.3 is 14.5 Å². The fraction of sp³-hybridized carbons (Fsp3) is 0.100. The van der Waals surface area contributed by atoms with Gasteiger partial charge in [-0.2, -0.15) is 9.78 Å². The number of esters is 1. The average Bonchev–Trinajstić information content (AvgIpc) is 3.47. The number of aromatic nitrogens is 3. The van der Waals surface area contributed by atoms with E-state index >= 15 is 0 Å². The Morgan fingerprint density at radius 2 is 1.97 bits per heavy atom. The number of carbonyl (C=O) groups excluding carboxylic acids is 2. The smallest absolute Gasteiger partial charge is 0.338 e. The summed E-state index contributed by atoms with van der Waals surface area (Å²) in [5.74, 6) is 0.0555. The molecule has 9 heteroatoms. The molecule has 146 valence electrons. The summed E-state index contributed by atoms with van der Waals surface area (Å²) in [6.45, 7) is 1.82. The summed E-state index contributed by atoms with van der Waals surface area (Å²) in [5, 5.41) is 9.65. The number of hydrogen-bond donors (Lipinski definition) is 1. The molecule has 0 radical (unpaired) electrons. The number of carbonyl (C=O) groups is 2. The van der Waals surface area contributed by atoms with E-state index in [4.69, 9.17) is 9.15 Å². The fourth-order valence-corrected chi connectivity index (χ4v) is 3.56. The molecule has 0 fully saturated rings. The van der Waals surface area contributed by atoms with Gasteiger partial charge in [0.15, 0.2) is 5.76 Å². The predicted molar refractivity (Wildman–Crippen MR) is 107 cm³/mol. The molecule has 29 heavy (non-hydrogen) atoms. The maximum Gasteiger partial charge on any atom is 0.338 e. The van der Waals surface area contributed by atoms with Crippen LogP contribution < -0.4 is 5.32 Å². The maximum atomic E-state index is 12.8. The number of nitrogens with one attached hydrogen (secondary N) is 1. The van der Waals surface area contributed by atoms with Crippen molar-refractivity contribution in [3.63, 3.8) is 0 Å². The molecule has 0 atom stereocenters. The molecule has 3 aromatic heterocycles. The zero-order chi connectivity index (χ0) is 20.4. The first kappa shape index (κ1) is 18.6. The molecule has 4 aromatic rings. The highest BCUT2D eigenvalue weighted by molar-refractivity contribution is 7.12. The van der Waals surface area contributed by atoms with Crippen molar-refractivity contribution in [1.29, 1.82) is 0 Å². The van der Waals surface area contributed by atoms with E-state index in [0.717, 1.165) is 0 Å². The van der Waals surface area contributed by atoms with Crippen LogP contribution in [-0.2, 0) is 4.74 Å². The number of aryl methyl sites for hydroxylation is 1. The van der Waals surface area contributed by atoms with E-state index in [9.17, 15) is 9.59 Å². The molecule has 0 saturated heterocycles. The van der Waals surface area contributed by atoms with Crippen molar-refractivity contribution in [2.24, 2.45) is 0 Å². The summed E-state index contributed by atoms with van der Waals surface area (Å²) < 4.78 is 11.7. The Hall–Kier alpha value is -3.72. The summed E-state index contributed by atoms with van der Waals surface area (Å²) in [5.41, 5.74) is 1.78. The fourth-order valence-electron chi connectivity index (χ4n) is 2.79. The summed E-state index contributed by atoms with van der Waals surface area (Å²) in [6.07, 6.45) is 1.58. The van der Waals surface area contributed by atoms with E-state index in [2.05, 4.69) is 15.4 Å². The predicted octanol–water partition coefficient (Wildman–Crippen LogP) is 3.94. The van der Waals surface area contributed by atoms with Crippen LogP contribution in [0.4, 0.5) is 5.82 Å². The van der Waals surface area contributed by atoms with E-state index in [1.807, 2.05) is 18.4 Å². The van der Waals surface area contributed by atoms with Crippen LogP contribution in [0.5, 0.6) is 0 Å². The van der Waals surface area contributed by atoms with E-state index in [1.165, 1.54) is 18.4 Å². The normalized spacial score (nSPS) is 10.7. The van der Waals surface area contributed by atoms with Gasteiger partial charge in [-0.05, 0) is 31.2 Å². The van der Waals surface area contributed by atoms with Crippen molar-refractivity contribution in [2.75, 3.05) is 12.4 Å². The van der Waals surface area contributed by atoms with Gasteiger partial charge in [-0.25, -0.2) is 9.78 Å². The van der Waals surface area contributed by atoms with Crippen LogP contribution in [0.25, 0.3) is 16.6 Å². The second-order valence-electron chi connectivity index (χ2n) is 6.07. The van der Waals surface area contributed by atoms with Crippen LogP contribution in [0.2, 0.25) is 0 Å². The Balaban J connectivity index is 1.65. The minimum atomic E-state index is -0.580. The first-order valence-corrected chi connectivity index (χ1v) is 9.50.